The highest BCUT2D eigenvalue weighted by molar-refractivity contribution is 6.13. The van der Waals surface area contributed by atoms with Gasteiger partial charge in [0.25, 0.3) is 0 Å². The zero-order valence-electron chi connectivity index (χ0n) is 40.0. The maximum absolute atomic E-state index is 9.76. The van der Waals surface area contributed by atoms with Gasteiger partial charge in [0.15, 0.2) is 0 Å². The van der Waals surface area contributed by atoms with Gasteiger partial charge in [-0.3, -0.25) is 0 Å². The molecule has 0 saturated heterocycles. The third kappa shape index (κ3) is 3.52. The molecule has 3 heterocycles. The van der Waals surface area contributed by atoms with E-state index < -0.39 is 108 Å². The van der Waals surface area contributed by atoms with Crippen molar-refractivity contribution < 1.29 is 27.7 Å². The predicted octanol–water partition coefficient (Wildman–Crippen LogP) is 11.4. The van der Waals surface area contributed by atoms with Crippen LogP contribution in [0.25, 0.3) is 88.1 Å². The number of para-hydroxylation sites is 4. The number of aromatic nitrogens is 2. The van der Waals surface area contributed by atoms with Gasteiger partial charge in [-0.15, -0.1) is 0 Å². The summed E-state index contributed by atoms with van der Waals surface area (Å²) < 4.78 is 162. The molecule has 0 saturated carbocycles. The molecule has 0 N–H and O–H groups in total. The maximum Gasteiger partial charge on any atom is 0.135 e. The Morgan fingerprint density at radius 1 is 0.422 bits per heavy atom. The van der Waals surface area contributed by atoms with E-state index in [2.05, 4.69) is 0 Å². The number of nitrogens with zero attached hydrogens (tertiary/aromatic N) is 2. The maximum atomic E-state index is 9.76. The summed E-state index contributed by atoms with van der Waals surface area (Å²) in [6, 6.07) is 4.43. The molecule has 10 aromatic rings. The number of furan rings is 1. The van der Waals surface area contributed by atoms with Gasteiger partial charge in [0.05, 0.1) is 45.4 Å². The van der Waals surface area contributed by atoms with Crippen LogP contribution in [0.3, 0.4) is 0 Å². The molecule has 0 bridgehead atoms. The minimum Gasteiger partial charge on any atom is -0.456 e. The van der Waals surface area contributed by atoms with Gasteiger partial charge < -0.3 is 13.6 Å². The van der Waals surface area contributed by atoms with E-state index >= 15 is 0 Å². The molecule has 0 atom stereocenters. The van der Waals surface area contributed by atoms with Crippen molar-refractivity contribution in [2.24, 2.45) is 0 Å². The lowest BCUT2D eigenvalue weighted by atomic mass is 10.0. The lowest BCUT2D eigenvalue weighted by molar-refractivity contribution is 0.669. The van der Waals surface area contributed by atoms with Gasteiger partial charge >= 0.3 is 0 Å². The molecule has 3 heteroatoms. The van der Waals surface area contributed by atoms with Crippen LogP contribution in [0.4, 0.5) is 0 Å². The van der Waals surface area contributed by atoms with E-state index in [-0.39, 0.29) is 55.3 Å². The molecule has 0 spiro atoms. The first-order valence-electron chi connectivity index (χ1n) is 22.5. The number of fused-ring (bicyclic) bond motifs is 9. The summed E-state index contributed by atoms with van der Waals surface area (Å²) in [5.41, 5.74) is -0.838. The second-order valence-corrected chi connectivity index (χ2v) is 10.4. The summed E-state index contributed by atoms with van der Waals surface area (Å²) in [5.74, 6) is 0. The minimum absolute atomic E-state index is 0.110. The van der Waals surface area contributed by atoms with Gasteiger partial charge in [0, 0.05) is 43.7 Å². The van der Waals surface area contributed by atoms with E-state index in [0.717, 1.165) is 22.1 Å². The first-order chi connectivity index (χ1) is 29.4. The fraction of sp³-hybridized carbons (Fsp3) is 0. The summed E-state index contributed by atoms with van der Waals surface area (Å²) in [7, 11) is 0. The third-order valence-corrected chi connectivity index (χ3v) is 7.99. The van der Waals surface area contributed by atoms with Gasteiger partial charge in [-0.2, -0.15) is 0 Å². The van der Waals surface area contributed by atoms with Crippen LogP contribution in [-0.4, -0.2) is 9.13 Å². The quantitative estimate of drug-likeness (QED) is 0.200. The van der Waals surface area contributed by atoms with Crippen molar-refractivity contribution in [2.75, 3.05) is 0 Å². The standard InChI is InChI=1S/C42H26N2O/c1-2-10-29(11-3-1)43-37-15-7-4-12-31(37)34-24-27(18-21-39(34)43)28-19-22-40-35(25-28)32-13-5-8-16-38(32)44(40)30-20-23-42-36(26-30)33-14-6-9-17-41(33)45-42/h1-26H/i1D,4D,5D,7D,8D,10D,11D,12D,13D,15D,16D,18D,19D,21D,22D,24D,25D. The Kier molecular flexibility index (Phi) is 2.72. The summed E-state index contributed by atoms with van der Waals surface area (Å²) >= 11 is 0. The molecule has 45 heavy (non-hydrogen) atoms. The van der Waals surface area contributed by atoms with Crippen molar-refractivity contribution >= 4 is 65.6 Å². The van der Waals surface area contributed by atoms with Crippen LogP contribution in [0.2, 0.25) is 0 Å². The zero-order valence-corrected chi connectivity index (χ0v) is 23.0. The van der Waals surface area contributed by atoms with Crippen molar-refractivity contribution in [1.82, 2.24) is 9.13 Å². The fourth-order valence-electron chi connectivity index (χ4n) is 6.05. The Bertz CT molecular complexity index is 3710. The van der Waals surface area contributed by atoms with Gasteiger partial charge in [-0.1, -0.05) is 84.7 Å². The Balaban J connectivity index is 1.39. The van der Waals surface area contributed by atoms with E-state index in [1.165, 1.54) is 4.57 Å². The van der Waals surface area contributed by atoms with E-state index in [4.69, 9.17) is 19.5 Å². The fourth-order valence-corrected chi connectivity index (χ4v) is 6.05. The summed E-state index contributed by atoms with van der Waals surface area (Å²) in [5, 5.41) is 0.370. The summed E-state index contributed by atoms with van der Waals surface area (Å²) in [6.45, 7) is 0. The molecule has 7 aromatic carbocycles. The highest BCUT2D eigenvalue weighted by Crippen LogP contribution is 2.39. The highest BCUT2D eigenvalue weighted by Gasteiger charge is 2.17. The summed E-state index contributed by atoms with van der Waals surface area (Å²) in [6.07, 6.45) is 0. The lowest BCUT2D eigenvalue weighted by Crippen LogP contribution is -1.93. The lowest BCUT2D eigenvalue weighted by Gasteiger charge is -2.09. The van der Waals surface area contributed by atoms with Crippen molar-refractivity contribution in [3.63, 3.8) is 0 Å². The van der Waals surface area contributed by atoms with Crippen LogP contribution in [0.5, 0.6) is 0 Å². The molecule has 210 valence electrons. The number of hydrogen-bond acceptors (Lipinski definition) is 1. The smallest absolute Gasteiger partial charge is 0.135 e. The first-order valence-corrected chi connectivity index (χ1v) is 14.0. The van der Waals surface area contributed by atoms with Crippen LogP contribution in [-0.2, 0) is 0 Å². The molecular weight excluding hydrogens is 548 g/mol. The van der Waals surface area contributed by atoms with Crippen molar-refractivity contribution in [2.45, 2.75) is 0 Å². The Hall–Kier alpha value is -6.06. The highest BCUT2D eigenvalue weighted by atomic mass is 16.3. The molecule has 0 amide bonds. The van der Waals surface area contributed by atoms with E-state index in [1.54, 1.807) is 24.3 Å². The predicted molar refractivity (Wildman–Crippen MR) is 188 cm³/mol. The second-order valence-electron chi connectivity index (χ2n) is 10.4. The molecule has 0 unspecified atom stereocenters. The van der Waals surface area contributed by atoms with Crippen LogP contribution in [0, 0.1) is 0 Å². The summed E-state index contributed by atoms with van der Waals surface area (Å²) in [4.78, 5) is 0. The number of rotatable bonds is 3. The molecule has 0 aliphatic rings. The van der Waals surface area contributed by atoms with Gasteiger partial charge in [-0.05, 0) is 83.7 Å². The molecule has 0 fully saturated rings. The SMILES string of the molecule is [2H]c1cc([2H])c(-n2c3c([2H])c([2H])c([2H])c([2H])c3c3c([2H])c(-c4c([2H])c([2H])c5c(c4[2H])c4c([2H])c([2H])c([2H])c([2H])c4n5-c4ccc5oc6ccccc6c5c4)c([2H])c([2H])c32)c([2H])c1. The van der Waals surface area contributed by atoms with Gasteiger partial charge in [-0.25, -0.2) is 0 Å². The Morgan fingerprint density at radius 3 is 1.69 bits per heavy atom. The van der Waals surface area contributed by atoms with Crippen LogP contribution >= 0.6 is 0 Å². The Morgan fingerprint density at radius 2 is 1.00 bits per heavy atom. The minimum atomic E-state index is -0.763. The molecule has 10 rings (SSSR count). The monoisotopic (exact) mass is 591 g/mol. The first kappa shape index (κ1) is 13.3. The van der Waals surface area contributed by atoms with Crippen molar-refractivity contribution in [3.05, 3.63) is 157 Å². The zero-order chi connectivity index (χ0) is 44.3. The number of hydrogen-bond donors (Lipinski definition) is 0. The topological polar surface area (TPSA) is 23.0 Å². The average molecular weight is 592 g/mol. The number of benzene rings is 7. The molecule has 0 aliphatic heterocycles. The molecular formula is C42H26N2O. The Labute approximate surface area is 282 Å². The van der Waals surface area contributed by atoms with E-state index in [0.29, 0.717) is 22.2 Å². The second kappa shape index (κ2) is 9.22. The van der Waals surface area contributed by atoms with Crippen molar-refractivity contribution in [3.8, 4) is 22.5 Å². The molecule has 3 aromatic heterocycles. The normalized spacial score (nSPS) is 17.3. The molecule has 0 radical (unpaired) electrons. The van der Waals surface area contributed by atoms with E-state index in [1.807, 2.05) is 18.2 Å². The largest absolute Gasteiger partial charge is 0.456 e. The molecule has 0 aliphatic carbocycles. The van der Waals surface area contributed by atoms with Gasteiger partial charge in [0.1, 0.15) is 11.2 Å². The average Bonchev–Trinajstić information content (AvgIpc) is 3.91. The third-order valence-electron chi connectivity index (χ3n) is 7.99. The van der Waals surface area contributed by atoms with Crippen LogP contribution < -0.4 is 0 Å². The van der Waals surface area contributed by atoms with Crippen LogP contribution in [0.1, 0.15) is 23.3 Å². The van der Waals surface area contributed by atoms with Crippen molar-refractivity contribution in [1.29, 1.82) is 0 Å². The van der Waals surface area contributed by atoms with Gasteiger partial charge in [0.2, 0.25) is 0 Å². The van der Waals surface area contributed by atoms with E-state index in [9.17, 15) is 8.22 Å². The molecule has 3 nitrogen and oxygen atoms in total. The van der Waals surface area contributed by atoms with Crippen LogP contribution in [0.15, 0.2) is 162 Å².